The average molecular weight is 342 g/mol. The van der Waals surface area contributed by atoms with E-state index < -0.39 is 6.61 Å². The van der Waals surface area contributed by atoms with Crippen LogP contribution in [0.25, 0.3) is 0 Å². The van der Waals surface area contributed by atoms with Crippen LogP contribution in [0.15, 0.2) is 48.5 Å². The van der Waals surface area contributed by atoms with E-state index in [4.69, 9.17) is 11.6 Å². The average Bonchev–Trinajstić information content (AvgIpc) is 2.53. The summed E-state index contributed by atoms with van der Waals surface area (Å²) in [5.41, 5.74) is 1.68. The van der Waals surface area contributed by atoms with Gasteiger partial charge in [0.2, 0.25) is 0 Å². The van der Waals surface area contributed by atoms with Gasteiger partial charge in [-0.05, 0) is 42.3 Å². The van der Waals surface area contributed by atoms with Crippen molar-refractivity contribution in [1.82, 2.24) is 5.32 Å². The van der Waals surface area contributed by atoms with Gasteiger partial charge in [0, 0.05) is 11.1 Å². The van der Waals surface area contributed by atoms with Crippen LogP contribution in [-0.2, 0) is 0 Å². The molecule has 0 aliphatic rings. The number of benzene rings is 2. The first-order valence-corrected chi connectivity index (χ1v) is 7.54. The summed E-state index contributed by atoms with van der Waals surface area (Å²) in [7, 11) is 0. The Kier molecular flexibility index (Phi) is 6.33. The minimum atomic E-state index is -2.85. The quantitative estimate of drug-likeness (QED) is 0.787. The van der Waals surface area contributed by atoms with Crippen LogP contribution in [0, 0.1) is 0 Å². The van der Waals surface area contributed by atoms with Gasteiger partial charge in [-0.3, -0.25) is 0 Å². The maximum atomic E-state index is 12.3. The van der Waals surface area contributed by atoms with Gasteiger partial charge in [0.15, 0.2) is 0 Å². The first-order chi connectivity index (χ1) is 11.0. The molecule has 0 radical (unpaired) electrons. The van der Waals surface area contributed by atoms with Gasteiger partial charge in [-0.25, -0.2) is 0 Å². The zero-order chi connectivity index (χ0) is 16.8. The number of halogens is 3. The molecule has 0 amide bonds. The second kappa shape index (κ2) is 8.24. The number of alkyl halides is 2. The van der Waals surface area contributed by atoms with E-state index in [-0.39, 0.29) is 24.4 Å². The molecule has 23 heavy (non-hydrogen) atoms. The minimum absolute atomic E-state index is 0.0980. The SMILES string of the molecule is CC(NC(CO)c1ccc(Cl)cc1)c1cccc(OC(F)F)c1. The van der Waals surface area contributed by atoms with Crippen molar-refractivity contribution in [2.75, 3.05) is 6.61 Å². The third-order valence-electron chi connectivity index (χ3n) is 3.49. The number of aliphatic hydroxyl groups is 1. The zero-order valence-electron chi connectivity index (χ0n) is 12.5. The number of nitrogens with one attached hydrogen (secondary N) is 1. The number of ether oxygens (including phenoxy) is 1. The molecule has 2 aromatic carbocycles. The molecule has 0 aliphatic carbocycles. The molecule has 3 nitrogen and oxygen atoms in total. The Morgan fingerprint density at radius 1 is 1.13 bits per heavy atom. The van der Waals surface area contributed by atoms with Gasteiger partial charge in [0.25, 0.3) is 0 Å². The lowest BCUT2D eigenvalue weighted by molar-refractivity contribution is -0.0499. The molecular weight excluding hydrogens is 324 g/mol. The lowest BCUT2D eigenvalue weighted by Gasteiger charge is -2.23. The molecule has 0 spiro atoms. The molecule has 0 heterocycles. The van der Waals surface area contributed by atoms with Crippen LogP contribution < -0.4 is 10.1 Å². The van der Waals surface area contributed by atoms with Gasteiger partial charge in [0.1, 0.15) is 5.75 Å². The number of hydrogen-bond donors (Lipinski definition) is 2. The largest absolute Gasteiger partial charge is 0.435 e. The van der Waals surface area contributed by atoms with Gasteiger partial charge in [0.05, 0.1) is 12.6 Å². The molecule has 0 aromatic heterocycles. The minimum Gasteiger partial charge on any atom is -0.435 e. The van der Waals surface area contributed by atoms with Gasteiger partial charge in [-0.1, -0.05) is 35.9 Å². The molecule has 2 unspecified atom stereocenters. The van der Waals surface area contributed by atoms with E-state index in [1.807, 2.05) is 25.1 Å². The molecule has 0 saturated carbocycles. The Hall–Kier alpha value is -1.69. The summed E-state index contributed by atoms with van der Waals surface area (Å²) in [6.45, 7) is -1.06. The molecule has 2 rings (SSSR count). The van der Waals surface area contributed by atoms with Crippen molar-refractivity contribution < 1.29 is 18.6 Å². The van der Waals surface area contributed by atoms with E-state index in [0.717, 1.165) is 11.1 Å². The smallest absolute Gasteiger partial charge is 0.387 e. The van der Waals surface area contributed by atoms with Gasteiger partial charge >= 0.3 is 6.61 Å². The normalized spacial score (nSPS) is 13.8. The molecule has 6 heteroatoms. The fraction of sp³-hybridized carbons (Fsp3) is 0.294. The summed E-state index contributed by atoms with van der Waals surface area (Å²) in [6.07, 6.45) is 0. The molecule has 124 valence electrons. The summed E-state index contributed by atoms with van der Waals surface area (Å²) in [6, 6.07) is 13.2. The van der Waals surface area contributed by atoms with Gasteiger partial charge < -0.3 is 15.2 Å². The number of rotatable bonds is 7. The molecule has 2 aromatic rings. The summed E-state index contributed by atoms with van der Waals surface area (Å²) in [5, 5.41) is 13.5. The molecule has 0 fully saturated rings. The Bertz CT molecular complexity index is 622. The summed E-state index contributed by atoms with van der Waals surface area (Å²) in [4.78, 5) is 0. The maximum absolute atomic E-state index is 12.3. The predicted molar refractivity (Wildman–Crippen MR) is 85.9 cm³/mol. The Morgan fingerprint density at radius 3 is 2.43 bits per heavy atom. The van der Waals surface area contributed by atoms with Crippen molar-refractivity contribution in [3.05, 3.63) is 64.7 Å². The second-order valence-corrected chi connectivity index (χ2v) is 5.56. The van der Waals surface area contributed by atoms with Gasteiger partial charge in [-0.2, -0.15) is 8.78 Å². The van der Waals surface area contributed by atoms with Crippen molar-refractivity contribution in [2.45, 2.75) is 25.6 Å². The van der Waals surface area contributed by atoms with Crippen LogP contribution in [0.2, 0.25) is 5.02 Å². The van der Waals surface area contributed by atoms with E-state index in [9.17, 15) is 13.9 Å². The topological polar surface area (TPSA) is 41.5 Å². The molecule has 2 atom stereocenters. The van der Waals surface area contributed by atoms with E-state index in [0.29, 0.717) is 5.02 Å². The van der Waals surface area contributed by atoms with Crippen molar-refractivity contribution in [3.8, 4) is 5.75 Å². The highest BCUT2D eigenvalue weighted by molar-refractivity contribution is 6.30. The van der Waals surface area contributed by atoms with E-state index in [1.165, 1.54) is 6.07 Å². The maximum Gasteiger partial charge on any atom is 0.387 e. The highest BCUT2D eigenvalue weighted by Gasteiger charge is 2.15. The third kappa shape index (κ3) is 5.16. The van der Waals surface area contributed by atoms with Gasteiger partial charge in [-0.15, -0.1) is 0 Å². The Balaban J connectivity index is 2.10. The zero-order valence-corrected chi connectivity index (χ0v) is 13.3. The van der Waals surface area contributed by atoms with E-state index in [1.54, 1.807) is 24.3 Å². The van der Waals surface area contributed by atoms with Crippen molar-refractivity contribution in [3.63, 3.8) is 0 Å². The van der Waals surface area contributed by atoms with Crippen molar-refractivity contribution >= 4 is 11.6 Å². The molecule has 0 bridgehead atoms. The molecule has 2 N–H and O–H groups in total. The summed E-state index contributed by atoms with van der Waals surface area (Å²) >= 11 is 5.86. The van der Waals surface area contributed by atoms with Crippen LogP contribution in [0.3, 0.4) is 0 Å². The van der Waals surface area contributed by atoms with Crippen LogP contribution in [-0.4, -0.2) is 18.3 Å². The fourth-order valence-electron chi connectivity index (χ4n) is 2.31. The van der Waals surface area contributed by atoms with Crippen molar-refractivity contribution in [1.29, 1.82) is 0 Å². The van der Waals surface area contributed by atoms with Crippen LogP contribution in [0.5, 0.6) is 5.75 Å². The molecule has 0 aliphatic heterocycles. The van der Waals surface area contributed by atoms with E-state index in [2.05, 4.69) is 10.1 Å². The number of aliphatic hydroxyl groups excluding tert-OH is 1. The first-order valence-electron chi connectivity index (χ1n) is 7.16. The number of hydrogen-bond acceptors (Lipinski definition) is 3. The lowest BCUT2D eigenvalue weighted by atomic mass is 10.0. The monoisotopic (exact) mass is 341 g/mol. The van der Waals surface area contributed by atoms with Crippen LogP contribution >= 0.6 is 11.6 Å². The summed E-state index contributed by atoms with van der Waals surface area (Å²) < 4.78 is 29.0. The van der Waals surface area contributed by atoms with Crippen LogP contribution in [0.4, 0.5) is 8.78 Å². The predicted octanol–water partition coefficient (Wildman–Crippen LogP) is 4.33. The lowest BCUT2D eigenvalue weighted by Crippen LogP contribution is -2.27. The molecule has 0 saturated heterocycles. The first kappa shape index (κ1) is 17.7. The fourth-order valence-corrected chi connectivity index (χ4v) is 2.43. The van der Waals surface area contributed by atoms with Crippen LogP contribution in [0.1, 0.15) is 30.1 Å². The highest BCUT2D eigenvalue weighted by Crippen LogP contribution is 2.24. The second-order valence-electron chi connectivity index (χ2n) is 5.13. The Morgan fingerprint density at radius 2 is 1.83 bits per heavy atom. The van der Waals surface area contributed by atoms with Crippen molar-refractivity contribution in [2.24, 2.45) is 0 Å². The Labute approximate surface area is 138 Å². The summed E-state index contributed by atoms with van der Waals surface area (Å²) in [5.74, 6) is 0.109. The highest BCUT2D eigenvalue weighted by atomic mass is 35.5. The third-order valence-corrected chi connectivity index (χ3v) is 3.74. The van der Waals surface area contributed by atoms with E-state index >= 15 is 0 Å². The standard InChI is InChI=1S/C17H18ClF2NO2/c1-11(13-3-2-4-15(9-13)23-17(19)20)21-16(10-22)12-5-7-14(18)8-6-12/h2-9,11,16-17,21-22H,10H2,1H3. The molecular formula is C17H18ClF2NO2.